The van der Waals surface area contributed by atoms with Crippen LogP contribution in [0.25, 0.3) is 5.69 Å². The van der Waals surface area contributed by atoms with Gasteiger partial charge in [-0.25, -0.2) is 4.68 Å². The molecule has 0 aliphatic carbocycles. The zero-order chi connectivity index (χ0) is 20.6. The third-order valence-electron chi connectivity index (χ3n) is 5.92. The number of nitrogens with one attached hydrogen (secondary N) is 2. The van der Waals surface area contributed by atoms with Crippen LogP contribution in [0.2, 0.25) is 0 Å². The van der Waals surface area contributed by atoms with Gasteiger partial charge in [0.1, 0.15) is 0 Å². The largest absolute Gasteiger partial charge is 0.356 e. The van der Waals surface area contributed by atoms with Crippen molar-refractivity contribution < 1.29 is 0 Å². The Morgan fingerprint density at radius 3 is 2.50 bits per heavy atom. The van der Waals surface area contributed by atoms with Gasteiger partial charge < -0.3 is 15.5 Å². The lowest BCUT2D eigenvalue weighted by Gasteiger charge is -2.30. The summed E-state index contributed by atoms with van der Waals surface area (Å²) in [6.45, 7) is 11.9. The van der Waals surface area contributed by atoms with E-state index in [0.29, 0.717) is 6.54 Å². The number of para-hydroxylation sites is 1. The van der Waals surface area contributed by atoms with Crippen molar-refractivity contribution in [2.45, 2.75) is 46.6 Å². The molecule has 1 aliphatic heterocycles. The molecule has 3 rings (SSSR count). The molecule has 7 heteroatoms. The minimum absolute atomic E-state index is 0. The Balaban J connectivity index is 0.00000320. The molecule has 2 heterocycles. The molecule has 2 aromatic rings. The lowest BCUT2D eigenvalue weighted by atomic mass is 9.99. The van der Waals surface area contributed by atoms with E-state index in [1.165, 1.54) is 38.0 Å². The average Bonchev–Trinajstić information content (AvgIpc) is 3.03. The highest BCUT2D eigenvalue weighted by Gasteiger charge is 2.15. The molecule has 0 atom stereocenters. The van der Waals surface area contributed by atoms with Crippen LogP contribution in [0.3, 0.4) is 0 Å². The molecule has 1 saturated heterocycles. The van der Waals surface area contributed by atoms with Gasteiger partial charge in [0.2, 0.25) is 0 Å². The third-order valence-corrected chi connectivity index (χ3v) is 5.92. The molecule has 0 radical (unpaired) electrons. The number of aliphatic imine (C=N–C) groups is 1. The van der Waals surface area contributed by atoms with E-state index in [1.807, 2.05) is 29.9 Å². The van der Waals surface area contributed by atoms with Gasteiger partial charge in [-0.2, -0.15) is 5.10 Å². The number of likely N-dealkylation sites (tertiary alicyclic amines) is 1. The van der Waals surface area contributed by atoms with Crippen LogP contribution in [0.5, 0.6) is 0 Å². The standard InChI is InChI=1S/C23H36N6.HI/c1-18-11-15-28(16-12-18)14-8-13-25-23(24-4)26-17-22-19(2)27-29(20(22)3)21-9-6-5-7-10-21;/h5-7,9-10,18H,8,11-17H2,1-4H3,(H2,24,25,26);1H. The molecule has 0 unspecified atom stereocenters. The summed E-state index contributed by atoms with van der Waals surface area (Å²) in [6.07, 6.45) is 3.82. The second-order valence-electron chi connectivity index (χ2n) is 8.13. The van der Waals surface area contributed by atoms with Gasteiger partial charge in [-0.05, 0) is 70.8 Å². The normalized spacial score (nSPS) is 15.7. The predicted octanol–water partition coefficient (Wildman–Crippen LogP) is 3.89. The smallest absolute Gasteiger partial charge is 0.191 e. The number of nitrogens with zero attached hydrogens (tertiary/aromatic N) is 4. The molecular formula is C23H37IN6. The topological polar surface area (TPSA) is 57.5 Å². The lowest BCUT2D eigenvalue weighted by Crippen LogP contribution is -2.39. The second-order valence-corrected chi connectivity index (χ2v) is 8.13. The SMILES string of the molecule is CN=C(NCCCN1CCC(C)CC1)NCc1c(C)nn(-c2ccccc2)c1C.I. The van der Waals surface area contributed by atoms with Crippen LogP contribution in [0.15, 0.2) is 35.3 Å². The van der Waals surface area contributed by atoms with E-state index in [1.54, 1.807) is 0 Å². The number of hydrogen-bond acceptors (Lipinski definition) is 3. The maximum Gasteiger partial charge on any atom is 0.191 e. The summed E-state index contributed by atoms with van der Waals surface area (Å²) < 4.78 is 2.02. The Morgan fingerprint density at radius 2 is 1.83 bits per heavy atom. The highest BCUT2D eigenvalue weighted by atomic mass is 127. The summed E-state index contributed by atoms with van der Waals surface area (Å²) in [6, 6.07) is 10.3. The molecule has 166 valence electrons. The van der Waals surface area contributed by atoms with Gasteiger partial charge in [-0.1, -0.05) is 25.1 Å². The molecule has 1 aromatic carbocycles. The number of halogens is 1. The predicted molar refractivity (Wildman–Crippen MR) is 136 cm³/mol. The Hall–Kier alpha value is -1.61. The summed E-state index contributed by atoms with van der Waals surface area (Å²) in [5.74, 6) is 1.74. The summed E-state index contributed by atoms with van der Waals surface area (Å²) in [7, 11) is 1.83. The second kappa shape index (κ2) is 12.3. The Morgan fingerprint density at radius 1 is 1.13 bits per heavy atom. The number of hydrogen-bond donors (Lipinski definition) is 2. The minimum Gasteiger partial charge on any atom is -0.356 e. The maximum absolute atomic E-state index is 4.73. The van der Waals surface area contributed by atoms with Crippen molar-refractivity contribution in [1.29, 1.82) is 0 Å². The zero-order valence-corrected chi connectivity index (χ0v) is 21.1. The summed E-state index contributed by atoms with van der Waals surface area (Å²) in [5.41, 5.74) is 4.53. The Bertz CT molecular complexity index is 794. The quantitative estimate of drug-likeness (QED) is 0.250. The number of aryl methyl sites for hydroxylation is 1. The first-order valence-corrected chi connectivity index (χ1v) is 10.9. The van der Waals surface area contributed by atoms with Crippen molar-refractivity contribution in [2.75, 3.05) is 33.2 Å². The summed E-state index contributed by atoms with van der Waals surface area (Å²) in [4.78, 5) is 6.96. The van der Waals surface area contributed by atoms with Crippen LogP contribution in [0.1, 0.15) is 43.1 Å². The first kappa shape index (κ1) is 24.7. The maximum atomic E-state index is 4.73. The van der Waals surface area contributed by atoms with E-state index in [2.05, 4.69) is 53.4 Å². The monoisotopic (exact) mass is 524 g/mol. The highest BCUT2D eigenvalue weighted by molar-refractivity contribution is 14.0. The molecule has 0 bridgehead atoms. The first-order chi connectivity index (χ1) is 14.1. The van der Waals surface area contributed by atoms with E-state index in [-0.39, 0.29) is 24.0 Å². The van der Waals surface area contributed by atoms with Gasteiger partial charge in [-0.15, -0.1) is 24.0 Å². The van der Waals surface area contributed by atoms with E-state index < -0.39 is 0 Å². The highest BCUT2D eigenvalue weighted by Crippen LogP contribution is 2.18. The van der Waals surface area contributed by atoms with Crippen molar-refractivity contribution in [3.05, 3.63) is 47.3 Å². The van der Waals surface area contributed by atoms with Crippen molar-refractivity contribution >= 4 is 29.9 Å². The lowest BCUT2D eigenvalue weighted by molar-refractivity contribution is 0.191. The number of guanidine groups is 1. The van der Waals surface area contributed by atoms with Crippen LogP contribution >= 0.6 is 24.0 Å². The molecule has 1 fully saturated rings. The van der Waals surface area contributed by atoms with Crippen LogP contribution in [0, 0.1) is 19.8 Å². The van der Waals surface area contributed by atoms with E-state index in [0.717, 1.165) is 41.9 Å². The molecule has 2 N–H and O–H groups in total. The first-order valence-electron chi connectivity index (χ1n) is 10.9. The molecular weight excluding hydrogens is 487 g/mol. The van der Waals surface area contributed by atoms with Crippen molar-refractivity contribution in [1.82, 2.24) is 25.3 Å². The summed E-state index contributed by atoms with van der Waals surface area (Å²) in [5, 5.41) is 11.6. The molecule has 30 heavy (non-hydrogen) atoms. The average molecular weight is 524 g/mol. The van der Waals surface area contributed by atoms with Crippen molar-refractivity contribution in [3.8, 4) is 5.69 Å². The Kier molecular flexibility index (Phi) is 10.1. The summed E-state index contributed by atoms with van der Waals surface area (Å²) >= 11 is 0. The molecule has 6 nitrogen and oxygen atoms in total. The van der Waals surface area contributed by atoms with Gasteiger partial charge in [-0.3, -0.25) is 4.99 Å². The van der Waals surface area contributed by atoms with Crippen LogP contribution < -0.4 is 10.6 Å². The number of rotatable bonds is 7. The van der Waals surface area contributed by atoms with Crippen LogP contribution in [-0.4, -0.2) is 53.9 Å². The Labute approximate surface area is 198 Å². The fourth-order valence-electron chi connectivity index (χ4n) is 3.94. The minimum atomic E-state index is 0. The molecule has 1 aliphatic rings. The molecule has 1 aromatic heterocycles. The van der Waals surface area contributed by atoms with E-state index in [9.17, 15) is 0 Å². The molecule has 0 spiro atoms. The van der Waals surface area contributed by atoms with E-state index >= 15 is 0 Å². The number of benzene rings is 1. The number of aromatic nitrogens is 2. The third kappa shape index (κ3) is 6.70. The molecule has 0 amide bonds. The van der Waals surface area contributed by atoms with Gasteiger partial charge in [0, 0.05) is 31.4 Å². The van der Waals surface area contributed by atoms with Crippen molar-refractivity contribution in [3.63, 3.8) is 0 Å². The van der Waals surface area contributed by atoms with Gasteiger partial charge >= 0.3 is 0 Å². The van der Waals surface area contributed by atoms with Crippen LogP contribution in [0.4, 0.5) is 0 Å². The number of piperidine rings is 1. The zero-order valence-electron chi connectivity index (χ0n) is 18.8. The van der Waals surface area contributed by atoms with Crippen LogP contribution in [-0.2, 0) is 6.54 Å². The fourth-order valence-corrected chi connectivity index (χ4v) is 3.94. The molecule has 0 saturated carbocycles. The fraction of sp³-hybridized carbons (Fsp3) is 0.565. The van der Waals surface area contributed by atoms with Gasteiger partial charge in [0.25, 0.3) is 0 Å². The van der Waals surface area contributed by atoms with E-state index in [4.69, 9.17) is 5.10 Å². The van der Waals surface area contributed by atoms with Gasteiger partial charge in [0.05, 0.1) is 11.4 Å². The van der Waals surface area contributed by atoms with Crippen molar-refractivity contribution in [2.24, 2.45) is 10.9 Å². The van der Waals surface area contributed by atoms with Gasteiger partial charge in [0.15, 0.2) is 5.96 Å².